The minimum absolute atomic E-state index is 0. The summed E-state index contributed by atoms with van der Waals surface area (Å²) in [5.74, 6) is 0.272. The average molecular weight is 494 g/mol. The molecule has 0 saturated carbocycles. The fraction of sp³-hybridized carbons (Fsp3) is 0.381. The number of morpholine rings is 1. The largest absolute Gasteiger partial charge is 0.473 e. The van der Waals surface area contributed by atoms with Crippen molar-refractivity contribution in [2.24, 2.45) is 5.14 Å². The Morgan fingerprint density at radius 2 is 1.94 bits per heavy atom. The number of nitrogens with zero attached hydrogens (tertiary/aromatic N) is 4. The first-order chi connectivity index (χ1) is 15.1. The SMILES string of the molecule is CC(C)(O)c1ccc(-c2cc3nccnc3c(OC[C@@H]3CN(S(N)(=O)=O)CCO3)n2)cc1.S. The Kier molecular flexibility index (Phi) is 7.56. The fourth-order valence-electron chi connectivity index (χ4n) is 3.44. The van der Waals surface area contributed by atoms with E-state index in [1.807, 2.05) is 30.3 Å². The van der Waals surface area contributed by atoms with E-state index >= 15 is 0 Å². The predicted molar refractivity (Wildman–Crippen MR) is 128 cm³/mol. The van der Waals surface area contributed by atoms with Crippen molar-refractivity contribution in [2.45, 2.75) is 25.6 Å². The fourth-order valence-corrected chi connectivity index (χ4v) is 4.14. The van der Waals surface area contributed by atoms with Crippen molar-refractivity contribution in [1.29, 1.82) is 0 Å². The summed E-state index contributed by atoms with van der Waals surface area (Å²) >= 11 is 0. The maximum atomic E-state index is 11.6. The van der Waals surface area contributed by atoms with Crippen LogP contribution >= 0.6 is 13.5 Å². The number of aromatic nitrogens is 3. The van der Waals surface area contributed by atoms with Gasteiger partial charge in [0.2, 0.25) is 5.88 Å². The van der Waals surface area contributed by atoms with E-state index < -0.39 is 21.9 Å². The van der Waals surface area contributed by atoms with Crippen molar-refractivity contribution < 1.29 is 23.0 Å². The van der Waals surface area contributed by atoms with Crippen LogP contribution in [0.3, 0.4) is 0 Å². The van der Waals surface area contributed by atoms with Crippen LogP contribution in [0.15, 0.2) is 42.7 Å². The molecule has 0 unspecified atom stereocenters. The molecule has 0 radical (unpaired) electrons. The first-order valence-electron chi connectivity index (χ1n) is 10.1. The summed E-state index contributed by atoms with van der Waals surface area (Å²) in [6.45, 7) is 4.06. The highest BCUT2D eigenvalue weighted by Gasteiger charge is 2.28. The third kappa shape index (κ3) is 5.96. The number of hydrogen-bond acceptors (Lipinski definition) is 8. The van der Waals surface area contributed by atoms with Crippen LogP contribution in [0.4, 0.5) is 0 Å². The number of rotatable bonds is 6. The van der Waals surface area contributed by atoms with Crippen LogP contribution in [0.1, 0.15) is 19.4 Å². The second-order valence-electron chi connectivity index (χ2n) is 8.08. The van der Waals surface area contributed by atoms with Crippen LogP contribution in [-0.2, 0) is 20.5 Å². The molecular weight excluding hydrogens is 466 g/mol. The van der Waals surface area contributed by atoms with Crippen LogP contribution in [0, 0.1) is 0 Å². The monoisotopic (exact) mass is 493 g/mol. The molecular formula is C21H27N5O5S2. The van der Waals surface area contributed by atoms with Gasteiger partial charge in [-0.1, -0.05) is 24.3 Å². The van der Waals surface area contributed by atoms with Crippen LogP contribution in [-0.4, -0.2) is 65.2 Å². The highest BCUT2D eigenvalue weighted by Crippen LogP contribution is 2.29. The molecule has 3 aromatic rings. The summed E-state index contributed by atoms with van der Waals surface area (Å²) in [5.41, 5.74) is 2.39. The van der Waals surface area contributed by atoms with E-state index in [9.17, 15) is 13.5 Å². The maximum absolute atomic E-state index is 11.6. The number of nitrogens with two attached hydrogens (primary N) is 1. The van der Waals surface area contributed by atoms with Gasteiger partial charge in [0.1, 0.15) is 12.7 Å². The van der Waals surface area contributed by atoms with Gasteiger partial charge in [-0.15, -0.1) is 0 Å². The minimum atomic E-state index is -3.79. The summed E-state index contributed by atoms with van der Waals surface area (Å²) < 4.78 is 36.0. The van der Waals surface area contributed by atoms with E-state index in [1.165, 1.54) is 0 Å². The summed E-state index contributed by atoms with van der Waals surface area (Å²) in [7, 11) is -3.79. The minimum Gasteiger partial charge on any atom is -0.473 e. The smallest absolute Gasteiger partial charge is 0.277 e. The molecule has 1 aliphatic rings. The molecule has 3 N–H and O–H groups in total. The molecule has 4 rings (SSSR count). The van der Waals surface area contributed by atoms with Gasteiger partial charge >= 0.3 is 0 Å². The number of aliphatic hydroxyl groups is 1. The Balaban J connectivity index is 0.00000306. The highest BCUT2D eigenvalue weighted by atomic mass is 32.2. The van der Waals surface area contributed by atoms with E-state index in [1.54, 1.807) is 26.2 Å². The average Bonchev–Trinajstić information content (AvgIpc) is 2.76. The van der Waals surface area contributed by atoms with E-state index in [4.69, 9.17) is 14.6 Å². The quantitative estimate of drug-likeness (QED) is 0.524. The van der Waals surface area contributed by atoms with Crippen molar-refractivity contribution in [2.75, 3.05) is 26.3 Å². The number of pyridine rings is 1. The molecule has 10 nitrogen and oxygen atoms in total. The van der Waals surface area contributed by atoms with E-state index in [0.29, 0.717) is 16.7 Å². The Labute approximate surface area is 199 Å². The lowest BCUT2D eigenvalue weighted by molar-refractivity contribution is -0.0254. The molecule has 1 saturated heterocycles. The number of benzene rings is 1. The molecule has 178 valence electrons. The van der Waals surface area contributed by atoms with Crippen molar-refractivity contribution in [3.63, 3.8) is 0 Å². The van der Waals surface area contributed by atoms with Crippen LogP contribution in [0.5, 0.6) is 5.88 Å². The molecule has 0 aliphatic carbocycles. The lowest BCUT2D eigenvalue weighted by Crippen LogP contribution is -2.49. The Morgan fingerprint density at radius 1 is 1.24 bits per heavy atom. The van der Waals surface area contributed by atoms with Gasteiger partial charge in [0.05, 0.1) is 23.4 Å². The molecule has 1 fully saturated rings. The van der Waals surface area contributed by atoms with E-state index in [-0.39, 0.29) is 45.7 Å². The number of fused-ring (bicyclic) bond motifs is 1. The van der Waals surface area contributed by atoms with Gasteiger partial charge in [0.15, 0.2) is 5.52 Å². The zero-order valence-electron chi connectivity index (χ0n) is 18.3. The van der Waals surface area contributed by atoms with Crippen LogP contribution in [0.25, 0.3) is 22.3 Å². The van der Waals surface area contributed by atoms with Gasteiger partial charge < -0.3 is 14.6 Å². The van der Waals surface area contributed by atoms with E-state index in [2.05, 4.69) is 15.0 Å². The van der Waals surface area contributed by atoms with Crippen molar-refractivity contribution >= 4 is 34.7 Å². The predicted octanol–water partition coefficient (Wildman–Crippen LogP) is 1.32. The van der Waals surface area contributed by atoms with Gasteiger partial charge in [0.25, 0.3) is 10.2 Å². The zero-order valence-corrected chi connectivity index (χ0v) is 20.1. The lowest BCUT2D eigenvalue weighted by atomic mass is 9.96. The van der Waals surface area contributed by atoms with Gasteiger partial charge in [-0.2, -0.15) is 26.2 Å². The van der Waals surface area contributed by atoms with Gasteiger partial charge in [-0.3, -0.25) is 4.98 Å². The normalized spacial score (nSPS) is 17.5. The second kappa shape index (κ2) is 9.87. The molecule has 0 bridgehead atoms. The highest BCUT2D eigenvalue weighted by molar-refractivity contribution is 7.86. The summed E-state index contributed by atoms with van der Waals surface area (Å²) in [5, 5.41) is 15.4. The number of hydrogen-bond donors (Lipinski definition) is 2. The van der Waals surface area contributed by atoms with Gasteiger partial charge in [-0.05, 0) is 25.5 Å². The second-order valence-corrected chi connectivity index (χ2v) is 9.63. The third-order valence-electron chi connectivity index (χ3n) is 5.18. The Morgan fingerprint density at radius 3 is 2.61 bits per heavy atom. The molecule has 1 aromatic carbocycles. The maximum Gasteiger partial charge on any atom is 0.277 e. The molecule has 3 heterocycles. The summed E-state index contributed by atoms with van der Waals surface area (Å²) in [6.07, 6.45) is 2.64. The number of ether oxygens (including phenoxy) is 2. The summed E-state index contributed by atoms with van der Waals surface area (Å²) in [4.78, 5) is 13.3. The molecule has 1 aliphatic heterocycles. The zero-order chi connectivity index (χ0) is 22.9. The topological polar surface area (TPSA) is 141 Å². The van der Waals surface area contributed by atoms with Gasteiger partial charge in [0, 0.05) is 31.0 Å². The van der Waals surface area contributed by atoms with Gasteiger partial charge in [-0.25, -0.2) is 15.1 Å². The van der Waals surface area contributed by atoms with Crippen LogP contribution in [0.2, 0.25) is 0 Å². The first-order valence-corrected chi connectivity index (χ1v) is 11.6. The third-order valence-corrected chi connectivity index (χ3v) is 6.23. The Bertz CT molecular complexity index is 1220. The molecule has 2 aromatic heterocycles. The first kappa shape index (κ1) is 25.3. The molecule has 0 amide bonds. The molecule has 33 heavy (non-hydrogen) atoms. The Hall–Kier alpha value is -2.35. The van der Waals surface area contributed by atoms with Crippen molar-refractivity contribution in [1.82, 2.24) is 19.3 Å². The van der Waals surface area contributed by atoms with E-state index in [0.717, 1.165) is 15.4 Å². The van der Waals surface area contributed by atoms with Crippen molar-refractivity contribution in [3.05, 3.63) is 48.3 Å². The lowest BCUT2D eigenvalue weighted by Gasteiger charge is -2.30. The summed E-state index contributed by atoms with van der Waals surface area (Å²) in [6, 6.07) is 9.24. The van der Waals surface area contributed by atoms with Crippen LogP contribution < -0.4 is 9.88 Å². The molecule has 12 heteroatoms. The van der Waals surface area contributed by atoms with Crippen molar-refractivity contribution in [3.8, 4) is 17.1 Å². The molecule has 1 atom stereocenters. The standard InChI is InChI=1S/C21H25N5O5S.H2S/c1-21(2,27)15-5-3-14(4-6-15)17-11-18-19(24-8-7-23-18)20(25-17)31-13-16-12-26(9-10-30-16)32(22,28)29;/h3-8,11,16,27H,9-10,12-13H2,1-2H3,(H2,22,28,29);1H2/t16-;/m0./s1. The molecule has 0 spiro atoms.